The van der Waals surface area contributed by atoms with Crippen molar-refractivity contribution in [1.82, 2.24) is 4.98 Å². The second-order valence-electron chi connectivity index (χ2n) is 3.80. The Morgan fingerprint density at radius 3 is 2.83 bits per heavy atom. The van der Waals surface area contributed by atoms with E-state index in [1.54, 1.807) is 7.05 Å². The van der Waals surface area contributed by atoms with Crippen LogP contribution in [0.3, 0.4) is 0 Å². The molecule has 0 saturated carbocycles. The Kier molecular flexibility index (Phi) is 5.33. The molecule has 0 aliphatic heterocycles. The molecule has 18 heavy (non-hydrogen) atoms. The van der Waals surface area contributed by atoms with Crippen molar-refractivity contribution in [3.63, 3.8) is 0 Å². The molecule has 7 heteroatoms. The van der Waals surface area contributed by atoms with Crippen LogP contribution in [-0.2, 0) is 4.74 Å². The van der Waals surface area contributed by atoms with E-state index in [0.29, 0.717) is 0 Å². The third-order valence-electron chi connectivity index (χ3n) is 2.28. The average Bonchev–Trinajstić information content (AvgIpc) is 2.28. The van der Waals surface area contributed by atoms with Gasteiger partial charge in [0.25, 0.3) is 0 Å². The monoisotopic (exact) mass is 274 g/mol. The number of pyridine rings is 1. The van der Waals surface area contributed by atoms with Gasteiger partial charge in [0.05, 0.1) is 12.7 Å². The Labute approximate surface area is 110 Å². The van der Waals surface area contributed by atoms with Crippen LogP contribution < -0.4 is 4.90 Å². The lowest BCUT2D eigenvalue weighted by Crippen LogP contribution is -2.33. The number of aliphatic hydroxyl groups is 1. The summed E-state index contributed by atoms with van der Waals surface area (Å²) in [5.41, 5.74) is 0.0338. The maximum Gasteiger partial charge on any atom is 0.339 e. The number of hydrogen-bond donors (Lipinski definition) is 2. The van der Waals surface area contributed by atoms with Gasteiger partial charge in [0.2, 0.25) is 0 Å². The number of carbonyl (C=O) groups is 1. The molecule has 2 N–H and O–H groups in total. The van der Waals surface area contributed by atoms with Crippen LogP contribution >= 0.6 is 11.6 Å². The number of halogens is 1. The fourth-order valence-corrected chi connectivity index (χ4v) is 1.67. The maximum absolute atomic E-state index is 11.1. The quantitative estimate of drug-likeness (QED) is 0.749. The Morgan fingerprint density at radius 1 is 1.61 bits per heavy atom. The van der Waals surface area contributed by atoms with Gasteiger partial charge in [-0.15, -0.1) is 0 Å². The molecule has 0 bridgehead atoms. The van der Waals surface area contributed by atoms with Crippen LogP contribution in [0.4, 0.5) is 5.82 Å². The molecule has 0 aliphatic rings. The van der Waals surface area contributed by atoms with Gasteiger partial charge in [-0.3, -0.25) is 0 Å². The van der Waals surface area contributed by atoms with Crippen molar-refractivity contribution >= 4 is 23.4 Å². The van der Waals surface area contributed by atoms with Gasteiger partial charge in [-0.1, -0.05) is 11.6 Å². The summed E-state index contributed by atoms with van der Waals surface area (Å²) in [6, 6.07) is 2.79. The van der Waals surface area contributed by atoms with Crippen molar-refractivity contribution in [1.29, 1.82) is 0 Å². The summed E-state index contributed by atoms with van der Waals surface area (Å²) in [6.07, 6.45) is -0.734. The van der Waals surface area contributed by atoms with E-state index < -0.39 is 12.1 Å². The van der Waals surface area contributed by atoms with Crippen LogP contribution in [0, 0.1) is 0 Å². The zero-order valence-corrected chi connectivity index (χ0v) is 10.9. The minimum absolute atomic E-state index is 0.0338. The zero-order chi connectivity index (χ0) is 13.7. The molecule has 6 nitrogen and oxygen atoms in total. The van der Waals surface area contributed by atoms with E-state index in [1.807, 2.05) is 0 Å². The Morgan fingerprint density at radius 2 is 2.28 bits per heavy atom. The van der Waals surface area contributed by atoms with Crippen molar-refractivity contribution < 1.29 is 19.7 Å². The highest BCUT2D eigenvalue weighted by Gasteiger charge is 2.17. The molecule has 0 spiro atoms. The number of carboxylic acids is 1. The van der Waals surface area contributed by atoms with Gasteiger partial charge in [0.15, 0.2) is 0 Å². The molecule has 100 valence electrons. The minimum Gasteiger partial charge on any atom is -0.478 e. The van der Waals surface area contributed by atoms with Gasteiger partial charge in [-0.25, -0.2) is 9.78 Å². The SMILES string of the molecule is COCC(O)CN(C)c1nc(Cl)ccc1C(=O)O. The Bertz CT molecular complexity index is 428. The summed E-state index contributed by atoms with van der Waals surface area (Å²) in [6.45, 7) is 0.356. The van der Waals surface area contributed by atoms with Crippen LogP contribution in [0.5, 0.6) is 0 Å². The van der Waals surface area contributed by atoms with Gasteiger partial charge in [0.1, 0.15) is 16.5 Å². The standard InChI is InChI=1S/C11H15ClN2O4/c1-14(5-7(15)6-18-2)10-8(11(16)17)3-4-9(12)13-10/h3-4,7,15H,5-6H2,1-2H3,(H,16,17). The average molecular weight is 275 g/mol. The molecule has 0 fully saturated rings. The van der Waals surface area contributed by atoms with Crippen LogP contribution in [0.2, 0.25) is 5.15 Å². The first-order valence-electron chi connectivity index (χ1n) is 5.23. The highest BCUT2D eigenvalue weighted by Crippen LogP contribution is 2.20. The van der Waals surface area contributed by atoms with E-state index in [9.17, 15) is 9.90 Å². The van der Waals surface area contributed by atoms with Crippen molar-refractivity contribution in [2.75, 3.05) is 32.2 Å². The van der Waals surface area contributed by atoms with E-state index in [1.165, 1.54) is 24.1 Å². The molecule has 1 aromatic heterocycles. The third-order valence-corrected chi connectivity index (χ3v) is 2.49. The second kappa shape index (κ2) is 6.53. The number of methoxy groups -OCH3 is 1. The minimum atomic E-state index is -1.10. The van der Waals surface area contributed by atoms with E-state index >= 15 is 0 Å². The predicted octanol–water partition coefficient (Wildman–Crippen LogP) is 0.877. The summed E-state index contributed by atoms with van der Waals surface area (Å²) in [5, 5.41) is 18.8. The normalized spacial score (nSPS) is 12.2. The molecule has 0 amide bonds. The van der Waals surface area contributed by atoms with E-state index in [2.05, 4.69) is 4.98 Å². The summed E-state index contributed by atoms with van der Waals surface area (Å²) in [4.78, 5) is 16.5. The molecule has 1 atom stereocenters. The molecule has 0 aliphatic carbocycles. The molecule has 0 radical (unpaired) electrons. The lowest BCUT2D eigenvalue weighted by Gasteiger charge is -2.22. The molecular weight excluding hydrogens is 260 g/mol. The van der Waals surface area contributed by atoms with Gasteiger partial charge >= 0.3 is 5.97 Å². The Balaban J connectivity index is 2.93. The topological polar surface area (TPSA) is 82.9 Å². The van der Waals surface area contributed by atoms with Crippen LogP contribution in [0.15, 0.2) is 12.1 Å². The van der Waals surface area contributed by atoms with E-state index in [4.69, 9.17) is 21.4 Å². The lowest BCUT2D eigenvalue weighted by atomic mass is 10.2. The first-order valence-corrected chi connectivity index (χ1v) is 5.61. The summed E-state index contributed by atoms with van der Waals surface area (Å²) < 4.78 is 4.80. The van der Waals surface area contributed by atoms with Crippen molar-refractivity contribution in [3.8, 4) is 0 Å². The van der Waals surface area contributed by atoms with Gasteiger partial charge in [-0.2, -0.15) is 0 Å². The predicted molar refractivity (Wildman–Crippen MR) is 67.4 cm³/mol. The van der Waals surface area contributed by atoms with Crippen molar-refractivity contribution in [3.05, 3.63) is 22.8 Å². The first-order chi connectivity index (χ1) is 8.45. The fourth-order valence-electron chi connectivity index (χ4n) is 1.53. The smallest absolute Gasteiger partial charge is 0.339 e. The third kappa shape index (κ3) is 3.83. The van der Waals surface area contributed by atoms with Crippen LogP contribution in [0.25, 0.3) is 0 Å². The Hall–Kier alpha value is -1.37. The van der Waals surface area contributed by atoms with Gasteiger partial charge < -0.3 is 19.8 Å². The number of ether oxygens (including phenoxy) is 1. The number of hydrogen-bond acceptors (Lipinski definition) is 5. The molecule has 1 unspecified atom stereocenters. The number of likely N-dealkylation sites (N-methyl/N-ethyl adjacent to an activating group) is 1. The number of rotatable bonds is 6. The highest BCUT2D eigenvalue weighted by molar-refractivity contribution is 6.29. The molecule has 1 heterocycles. The van der Waals surface area contributed by atoms with E-state index in [-0.39, 0.29) is 29.7 Å². The van der Waals surface area contributed by atoms with Gasteiger partial charge in [0, 0.05) is 20.7 Å². The summed E-state index contributed by atoms with van der Waals surface area (Å²) in [5.74, 6) is -0.882. The lowest BCUT2D eigenvalue weighted by molar-refractivity contribution is 0.0679. The molecular formula is C11H15ClN2O4. The van der Waals surface area contributed by atoms with Gasteiger partial charge in [-0.05, 0) is 12.1 Å². The zero-order valence-electron chi connectivity index (χ0n) is 10.1. The van der Waals surface area contributed by atoms with Crippen LogP contribution in [0.1, 0.15) is 10.4 Å². The second-order valence-corrected chi connectivity index (χ2v) is 4.19. The number of aromatic carboxylic acids is 1. The molecule has 0 saturated heterocycles. The number of aliphatic hydroxyl groups excluding tert-OH is 1. The highest BCUT2D eigenvalue weighted by atomic mass is 35.5. The molecule has 0 aromatic carbocycles. The molecule has 1 aromatic rings. The molecule has 1 rings (SSSR count). The van der Waals surface area contributed by atoms with Crippen molar-refractivity contribution in [2.45, 2.75) is 6.10 Å². The summed E-state index contributed by atoms with van der Waals surface area (Å²) in [7, 11) is 3.10. The van der Waals surface area contributed by atoms with E-state index in [0.717, 1.165) is 0 Å². The number of aromatic nitrogens is 1. The van der Waals surface area contributed by atoms with Crippen LogP contribution in [-0.4, -0.2) is 54.6 Å². The maximum atomic E-state index is 11.1. The first kappa shape index (κ1) is 14.7. The number of nitrogens with zero attached hydrogens (tertiary/aromatic N) is 2. The van der Waals surface area contributed by atoms with Crippen molar-refractivity contribution in [2.24, 2.45) is 0 Å². The number of anilines is 1. The number of carboxylic acid groups (broad SMARTS) is 1. The largest absolute Gasteiger partial charge is 0.478 e. The fraction of sp³-hybridized carbons (Fsp3) is 0.455. The summed E-state index contributed by atoms with van der Waals surface area (Å²) >= 11 is 5.75.